The minimum Gasteiger partial charge on any atom is -0.392 e. The summed E-state index contributed by atoms with van der Waals surface area (Å²) in [5, 5.41) is 13.7. The van der Waals surface area contributed by atoms with Crippen LogP contribution in [0, 0.1) is 0 Å². The molecule has 0 saturated heterocycles. The van der Waals surface area contributed by atoms with Crippen LogP contribution >= 0.6 is 0 Å². The molecule has 0 aromatic heterocycles. The van der Waals surface area contributed by atoms with Crippen molar-refractivity contribution in [3.05, 3.63) is 35.4 Å². The van der Waals surface area contributed by atoms with E-state index in [0.717, 1.165) is 19.3 Å². The number of aryl methyl sites for hydroxylation is 1. The number of hydrogen-bond acceptors (Lipinski definition) is 2. The predicted octanol–water partition coefficient (Wildman–Crippen LogP) is 2.44. The maximum absolute atomic E-state index is 10.0. The van der Waals surface area contributed by atoms with Crippen molar-refractivity contribution in [1.29, 1.82) is 0 Å². The summed E-state index contributed by atoms with van der Waals surface area (Å²) < 4.78 is 0. The summed E-state index contributed by atoms with van der Waals surface area (Å²) in [6.45, 7) is 0. The SMILES string of the molecule is O[C@@H]1CCCC[C@H]1NC1CCc2ccccc2C1. The lowest BCUT2D eigenvalue weighted by Gasteiger charge is -2.34. The third-order valence-corrected chi connectivity index (χ3v) is 4.53. The average molecular weight is 245 g/mol. The molecule has 98 valence electrons. The molecule has 2 nitrogen and oxygen atoms in total. The highest BCUT2D eigenvalue weighted by atomic mass is 16.3. The van der Waals surface area contributed by atoms with Crippen LogP contribution < -0.4 is 5.32 Å². The number of aliphatic hydroxyl groups is 1. The van der Waals surface area contributed by atoms with Crippen molar-refractivity contribution in [2.75, 3.05) is 0 Å². The van der Waals surface area contributed by atoms with Gasteiger partial charge in [0, 0.05) is 12.1 Å². The van der Waals surface area contributed by atoms with Gasteiger partial charge in [0.2, 0.25) is 0 Å². The van der Waals surface area contributed by atoms with Crippen LogP contribution in [0.2, 0.25) is 0 Å². The highest BCUT2D eigenvalue weighted by Gasteiger charge is 2.27. The third kappa shape index (κ3) is 2.60. The summed E-state index contributed by atoms with van der Waals surface area (Å²) in [5.74, 6) is 0. The molecule has 3 rings (SSSR count). The second kappa shape index (κ2) is 5.41. The van der Waals surface area contributed by atoms with E-state index in [4.69, 9.17) is 0 Å². The summed E-state index contributed by atoms with van der Waals surface area (Å²) in [5.41, 5.74) is 3.01. The second-order valence-electron chi connectivity index (χ2n) is 5.83. The number of benzene rings is 1. The second-order valence-corrected chi connectivity index (χ2v) is 5.83. The van der Waals surface area contributed by atoms with Crippen LogP contribution in [-0.4, -0.2) is 23.3 Å². The molecule has 0 amide bonds. The van der Waals surface area contributed by atoms with Crippen molar-refractivity contribution in [2.45, 2.75) is 63.1 Å². The Morgan fingerprint density at radius 1 is 1.00 bits per heavy atom. The molecule has 2 aliphatic rings. The lowest BCUT2D eigenvalue weighted by atomic mass is 9.86. The number of nitrogens with one attached hydrogen (secondary N) is 1. The first-order valence-corrected chi connectivity index (χ1v) is 7.34. The molecule has 0 aliphatic heterocycles. The van der Waals surface area contributed by atoms with Crippen LogP contribution in [0.4, 0.5) is 0 Å². The largest absolute Gasteiger partial charge is 0.392 e. The molecule has 2 heteroatoms. The zero-order chi connectivity index (χ0) is 12.4. The summed E-state index contributed by atoms with van der Waals surface area (Å²) in [7, 11) is 0. The van der Waals surface area contributed by atoms with E-state index >= 15 is 0 Å². The predicted molar refractivity (Wildman–Crippen MR) is 73.7 cm³/mol. The first kappa shape index (κ1) is 12.2. The maximum Gasteiger partial charge on any atom is 0.0693 e. The fourth-order valence-electron chi connectivity index (χ4n) is 3.45. The highest BCUT2D eigenvalue weighted by Crippen LogP contribution is 2.24. The summed E-state index contributed by atoms with van der Waals surface area (Å²) >= 11 is 0. The minimum atomic E-state index is -0.129. The van der Waals surface area contributed by atoms with Crippen LogP contribution in [0.1, 0.15) is 43.2 Å². The Hall–Kier alpha value is -0.860. The molecule has 1 fully saturated rings. The first-order chi connectivity index (χ1) is 8.83. The standard InChI is InChI=1S/C16H23NO/c18-16-8-4-3-7-15(16)17-14-10-9-12-5-1-2-6-13(12)11-14/h1-2,5-6,14-18H,3-4,7-11H2/t14?,15-,16-/m1/s1. The molecular formula is C16H23NO. The Labute approximate surface area is 109 Å². The van der Waals surface area contributed by atoms with E-state index in [1.54, 1.807) is 0 Å². The Balaban J connectivity index is 1.62. The van der Waals surface area contributed by atoms with Gasteiger partial charge in [-0.05, 0) is 43.2 Å². The molecule has 3 atom stereocenters. The van der Waals surface area contributed by atoms with Crippen molar-refractivity contribution < 1.29 is 5.11 Å². The van der Waals surface area contributed by atoms with E-state index < -0.39 is 0 Å². The van der Waals surface area contributed by atoms with E-state index in [0.29, 0.717) is 12.1 Å². The molecule has 1 unspecified atom stereocenters. The number of rotatable bonds is 2. The Kier molecular flexibility index (Phi) is 3.67. The fraction of sp³-hybridized carbons (Fsp3) is 0.625. The van der Waals surface area contributed by atoms with Gasteiger partial charge in [0.15, 0.2) is 0 Å². The molecule has 18 heavy (non-hydrogen) atoms. The molecule has 0 spiro atoms. The van der Waals surface area contributed by atoms with Crippen molar-refractivity contribution >= 4 is 0 Å². The lowest BCUT2D eigenvalue weighted by molar-refractivity contribution is 0.0837. The molecule has 0 radical (unpaired) electrons. The van der Waals surface area contributed by atoms with Crippen LogP contribution in [-0.2, 0) is 12.8 Å². The van der Waals surface area contributed by atoms with Crippen LogP contribution in [0.15, 0.2) is 24.3 Å². The monoisotopic (exact) mass is 245 g/mol. The smallest absolute Gasteiger partial charge is 0.0693 e. The lowest BCUT2D eigenvalue weighted by Crippen LogP contribution is -2.48. The highest BCUT2D eigenvalue weighted by molar-refractivity contribution is 5.30. The number of fused-ring (bicyclic) bond motifs is 1. The van der Waals surface area contributed by atoms with E-state index in [2.05, 4.69) is 29.6 Å². The molecule has 1 aromatic carbocycles. The van der Waals surface area contributed by atoms with Gasteiger partial charge in [-0.25, -0.2) is 0 Å². The zero-order valence-electron chi connectivity index (χ0n) is 10.9. The first-order valence-electron chi connectivity index (χ1n) is 7.34. The van der Waals surface area contributed by atoms with Crippen LogP contribution in [0.25, 0.3) is 0 Å². The van der Waals surface area contributed by atoms with Gasteiger partial charge < -0.3 is 10.4 Å². The topological polar surface area (TPSA) is 32.3 Å². The van der Waals surface area contributed by atoms with E-state index in [1.165, 1.54) is 36.8 Å². The molecule has 0 bridgehead atoms. The molecule has 2 N–H and O–H groups in total. The van der Waals surface area contributed by atoms with E-state index in [-0.39, 0.29) is 6.10 Å². The summed E-state index contributed by atoms with van der Waals surface area (Å²) in [4.78, 5) is 0. The summed E-state index contributed by atoms with van der Waals surface area (Å²) in [6.07, 6.45) is 7.94. The normalized spacial score (nSPS) is 31.9. The molecule has 1 saturated carbocycles. The van der Waals surface area contributed by atoms with Crippen molar-refractivity contribution in [3.8, 4) is 0 Å². The van der Waals surface area contributed by atoms with Gasteiger partial charge in [0.05, 0.1) is 6.10 Å². The van der Waals surface area contributed by atoms with Gasteiger partial charge >= 0.3 is 0 Å². The zero-order valence-corrected chi connectivity index (χ0v) is 10.9. The van der Waals surface area contributed by atoms with Crippen molar-refractivity contribution in [2.24, 2.45) is 0 Å². The van der Waals surface area contributed by atoms with Crippen molar-refractivity contribution in [1.82, 2.24) is 5.32 Å². The average Bonchev–Trinajstić information content (AvgIpc) is 2.41. The Bertz CT molecular complexity index is 404. The van der Waals surface area contributed by atoms with E-state index in [1.807, 2.05) is 0 Å². The van der Waals surface area contributed by atoms with Gasteiger partial charge in [-0.15, -0.1) is 0 Å². The quantitative estimate of drug-likeness (QED) is 0.839. The Morgan fingerprint density at radius 2 is 1.78 bits per heavy atom. The molecule has 0 heterocycles. The van der Waals surface area contributed by atoms with Crippen LogP contribution in [0.3, 0.4) is 0 Å². The van der Waals surface area contributed by atoms with Gasteiger partial charge in [0.25, 0.3) is 0 Å². The van der Waals surface area contributed by atoms with Crippen molar-refractivity contribution in [3.63, 3.8) is 0 Å². The van der Waals surface area contributed by atoms with Gasteiger partial charge in [-0.1, -0.05) is 37.1 Å². The molecular weight excluding hydrogens is 222 g/mol. The van der Waals surface area contributed by atoms with Gasteiger partial charge in [-0.2, -0.15) is 0 Å². The minimum absolute atomic E-state index is 0.129. The third-order valence-electron chi connectivity index (χ3n) is 4.53. The number of aliphatic hydroxyl groups excluding tert-OH is 1. The maximum atomic E-state index is 10.0. The number of hydrogen-bond donors (Lipinski definition) is 2. The molecule has 1 aromatic rings. The van der Waals surface area contributed by atoms with Gasteiger partial charge in [-0.3, -0.25) is 0 Å². The molecule has 2 aliphatic carbocycles. The summed E-state index contributed by atoms with van der Waals surface area (Å²) in [6, 6.07) is 9.65. The Morgan fingerprint density at radius 3 is 2.61 bits per heavy atom. The van der Waals surface area contributed by atoms with E-state index in [9.17, 15) is 5.11 Å². The van der Waals surface area contributed by atoms with Crippen LogP contribution in [0.5, 0.6) is 0 Å². The van der Waals surface area contributed by atoms with Gasteiger partial charge in [0.1, 0.15) is 0 Å². The fourth-order valence-corrected chi connectivity index (χ4v) is 3.45.